The Morgan fingerprint density at radius 2 is 1.96 bits per heavy atom. The van der Waals surface area contributed by atoms with Gasteiger partial charge in [-0.3, -0.25) is 14.4 Å². The lowest BCUT2D eigenvalue weighted by atomic mass is 9.66. The average Bonchev–Trinajstić information content (AvgIpc) is 2.91. The fraction of sp³-hybridized carbons (Fsp3) is 0.500. The zero-order valence-electron chi connectivity index (χ0n) is 13.2. The molecule has 3 aliphatic rings. The molecule has 0 spiro atoms. The number of rotatable bonds is 2. The number of esters is 1. The van der Waals surface area contributed by atoms with E-state index in [1.165, 1.54) is 6.07 Å². The summed E-state index contributed by atoms with van der Waals surface area (Å²) in [4.78, 5) is 37.8. The molecule has 6 heteroatoms. The van der Waals surface area contributed by atoms with E-state index in [2.05, 4.69) is 0 Å². The van der Waals surface area contributed by atoms with Crippen LogP contribution >= 0.6 is 0 Å². The second kappa shape index (κ2) is 5.41. The molecule has 0 aromatic heterocycles. The maximum absolute atomic E-state index is 13.0. The van der Waals surface area contributed by atoms with Crippen LogP contribution in [0.1, 0.15) is 46.9 Å². The lowest BCUT2D eigenvalue weighted by Crippen LogP contribution is -2.57. The highest BCUT2D eigenvalue weighted by molar-refractivity contribution is 6.18. The molecule has 1 aliphatic carbocycles. The van der Waals surface area contributed by atoms with Gasteiger partial charge < -0.3 is 14.6 Å². The van der Waals surface area contributed by atoms with Gasteiger partial charge in [-0.05, 0) is 12.5 Å². The van der Waals surface area contributed by atoms with Crippen molar-refractivity contribution in [3.63, 3.8) is 0 Å². The van der Waals surface area contributed by atoms with Crippen molar-refractivity contribution in [2.24, 2.45) is 11.8 Å². The van der Waals surface area contributed by atoms with Gasteiger partial charge in [0.15, 0.2) is 11.6 Å². The third-order valence-corrected chi connectivity index (χ3v) is 5.23. The van der Waals surface area contributed by atoms with Gasteiger partial charge in [-0.15, -0.1) is 0 Å². The Morgan fingerprint density at radius 1 is 1.17 bits per heavy atom. The van der Waals surface area contributed by atoms with Crippen LogP contribution in [0.25, 0.3) is 0 Å². The van der Waals surface area contributed by atoms with E-state index in [1.807, 2.05) is 6.92 Å². The van der Waals surface area contributed by atoms with Crippen molar-refractivity contribution >= 4 is 17.5 Å². The van der Waals surface area contributed by atoms with E-state index in [4.69, 9.17) is 9.47 Å². The summed E-state index contributed by atoms with van der Waals surface area (Å²) in [5.41, 5.74) is 0.274. The number of carbonyl (C=O) groups is 3. The Labute approximate surface area is 138 Å². The van der Waals surface area contributed by atoms with E-state index >= 15 is 0 Å². The topological polar surface area (TPSA) is 89.9 Å². The Morgan fingerprint density at radius 3 is 2.71 bits per heavy atom. The summed E-state index contributed by atoms with van der Waals surface area (Å²) in [6, 6.07) is 4.49. The normalized spacial score (nSPS) is 34.4. The quantitative estimate of drug-likeness (QED) is 0.833. The molecule has 2 saturated heterocycles. The summed E-state index contributed by atoms with van der Waals surface area (Å²) in [7, 11) is 0. The zero-order valence-corrected chi connectivity index (χ0v) is 13.2. The van der Waals surface area contributed by atoms with Crippen LogP contribution in [0.2, 0.25) is 0 Å². The molecule has 4 rings (SSSR count). The number of ketones is 2. The molecule has 1 aromatic rings. The Hall–Kier alpha value is -2.21. The smallest absolute Gasteiger partial charge is 0.308 e. The van der Waals surface area contributed by atoms with E-state index in [0.29, 0.717) is 6.42 Å². The molecule has 0 saturated carbocycles. The largest absolute Gasteiger partial charge is 0.507 e. The number of fused-ring (bicyclic) bond motifs is 4. The van der Waals surface area contributed by atoms with Gasteiger partial charge in [0.1, 0.15) is 18.0 Å². The SMILES string of the molecule is CCC[C@H]1O[C@@H]2CC(=O)O[C@@H]2C2C(=O)c3cccc(O)c3C(=O)C21. The van der Waals surface area contributed by atoms with Crippen LogP contribution in [-0.4, -0.2) is 41.0 Å². The molecule has 24 heavy (non-hydrogen) atoms. The second-order valence-electron chi connectivity index (χ2n) is 6.64. The van der Waals surface area contributed by atoms with Gasteiger partial charge >= 0.3 is 5.97 Å². The molecule has 2 aliphatic heterocycles. The first-order valence-corrected chi connectivity index (χ1v) is 8.28. The number of ether oxygens (including phenoxy) is 2. The lowest BCUT2D eigenvalue weighted by Gasteiger charge is -2.44. The first-order valence-electron chi connectivity index (χ1n) is 8.28. The van der Waals surface area contributed by atoms with Crippen LogP contribution in [0.3, 0.4) is 0 Å². The predicted molar refractivity (Wildman–Crippen MR) is 81.8 cm³/mol. The minimum Gasteiger partial charge on any atom is -0.507 e. The predicted octanol–water partition coefficient (Wildman–Crippen LogP) is 1.89. The van der Waals surface area contributed by atoms with Gasteiger partial charge in [0.05, 0.1) is 29.9 Å². The van der Waals surface area contributed by atoms with Crippen LogP contribution in [-0.2, 0) is 14.3 Å². The van der Waals surface area contributed by atoms with E-state index in [-0.39, 0.29) is 34.9 Å². The third kappa shape index (κ3) is 2.02. The third-order valence-electron chi connectivity index (χ3n) is 5.23. The Balaban J connectivity index is 1.85. The average molecular weight is 330 g/mol. The first-order chi connectivity index (χ1) is 11.5. The Bertz CT molecular complexity index is 739. The number of Topliss-reactive ketones (excluding diaryl/α,β-unsaturated/α-hetero) is 2. The molecule has 1 aromatic carbocycles. The van der Waals surface area contributed by atoms with Crippen molar-refractivity contribution in [2.45, 2.75) is 44.5 Å². The van der Waals surface area contributed by atoms with Crippen molar-refractivity contribution < 1.29 is 29.0 Å². The highest BCUT2D eigenvalue weighted by Gasteiger charge is 2.59. The van der Waals surface area contributed by atoms with Crippen LogP contribution < -0.4 is 0 Å². The molecule has 2 heterocycles. The van der Waals surface area contributed by atoms with Crippen LogP contribution in [0.5, 0.6) is 5.75 Å². The van der Waals surface area contributed by atoms with Crippen molar-refractivity contribution in [1.29, 1.82) is 0 Å². The lowest BCUT2D eigenvalue weighted by molar-refractivity contribution is -0.155. The molecule has 0 bridgehead atoms. The summed E-state index contributed by atoms with van der Waals surface area (Å²) < 4.78 is 11.3. The number of aromatic hydroxyl groups is 1. The van der Waals surface area contributed by atoms with Crippen LogP contribution in [0.15, 0.2) is 18.2 Å². The first kappa shape index (κ1) is 15.3. The minimum atomic E-state index is -0.728. The standard InChI is InChI=1S/C18H18O6/c1-2-4-10-14-15(18-11(23-10)7-12(20)24-18)16(21)8-5-3-6-9(19)13(8)17(14)22/h3,5-6,10-11,14-15,18-19H,2,4,7H2,1H3/t10-,11-,14?,15?,18+/m1/s1. The van der Waals surface area contributed by atoms with E-state index < -0.39 is 36.1 Å². The van der Waals surface area contributed by atoms with Crippen molar-refractivity contribution in [1.82, 2.24) is 0 Å². The van der Waals surface area contributed by atoms with Crippen molar-refractivity contribution in [3.05, 3.63) is 29.3 Å². The maximum atomic E-state index is 13.0. The molecule has 0 radical (unpaired) electrons. The van der Waals surface area contributed by atoms with Gasteiger partial charge in [0.2, 0.25) is 0 Å². The molecule has 126 valence electrons. The maximum Gasteiger partial charge on any atom is 0.308 e. The highest BCUT2D eigenvalue weighted by Crippen LogP contribution is 2.46. The monoisotopic (exact) mass is 330 g/mol. The molecule has 0 amide bonds. The van der Waals surface area contributed by atoms with E-state index in [1.54, 1.807) is 12.1 Å². The Kier molecular flexibility index (Phi) is 3.46. The van der Waals surface area contributed by atoms with Gasteiger partial charge in [0, 0.05) is 5.56 Å². The minimum absolute atomic E-state index is 0.0660. The number of carbonyl (C=O) groups excluding carboxylic acids is 3. The van der Waals surface area contributed by atoms with Crippen LogP contribution in [0.4, 0.5) is 0 Å². The van der Waals surface area contributed by atoms with Gasteiger partial charge in [0.25, 0.3) is 0 Å². The molecular formula is C18H18O6. The summed E-state index contributed by atoms with van der Waals surface area (Å²) >= 11 is 0. The summed E-state index contributed by atoms with van der Waals surface area (Å²) in [5.74, 6) is -2.58. The summed E-state index contributed by atoms with van der Waals surface area (Å²) in [6.45, 7) is 1.97. The number of hydrogen-bond donors (Lipinski definition) is 1. The summed E-state index contributed by atoms with van der Waals surface area (Å²) in [6.07, 6.45) is -0.133. The second-order valence-corrected chi connectivity index (χ2v) is 6.64. The van der Waals surface area contributed by atoms with Gasteiger partial charge in [-0.25, -0.2) is 0 Å². The fourth-order valence-corrected chi connectivity index (χ4v) is 4.26. The van der Waals surface area contributed by atoms with Crippen molar-refractivity contribution in [3.8, 4) is 5.75 Å². The number of benzene rings is 1. The molecule has 2 fully saturated rings. The number of phenolic OH excluding ortho intramolecular Hbond substituents is 1. The van der Waals surface area contributed by atoms with Crippen LogP contribution in [0, 0.1) is 11.8 Å². The van der Waals surface area contributed by atoms with Crippen molar-refractivity contribution in [2.75, 3.05) is 0 Å². The summed E-state index contributed by atoms with van der Waals surface area (Å²) in [5, 5.41) is 10.1. The van der Waals surface area contributed by atoms with E-state index in [9.17, 15) is 19.5 Å². The fourth-order valence-electron chi connectivity index (χ4n) is 4.26. The number of hydrogen-bond acceptors (Lipinski definition) is 6. The zero-order chi connectivity index (χ0) is 17.0. The molecule has 5 atom stereocenters. The molecule has 2 unspecified atom stereocenters. The van der Waals surface area contributed by atoms with E-state index in [0.717, 1.165) is 6.42 Å². The molecule has 1 N–H and O–H groups in total. The molecule has 6 nitrogen and oxygen atoms in total. The highest BCUT2D eigenvalue weighted by atomic mass is 16.6. The van der Waals surface area contributed by atoms with Gasteiger partial charge in [-0.2, -0.15) is 0 Å². The van der Waals surface area contributed by atoms with Gasteiger partial charge in [-0.1, -0.05) is 25.5 Å². The number of phenols is 1. The molecular weight excluding hydrogens is 312 g/mol.